The molecule has 25 heavy (non-hydrogen) atoms. The van der Waals surface area contributed by atoms with Crippen LogP contribution in [0.15, 0.2) is 23.1 Å². The van der Waals surface area contributed by atoms with Crippen molar-refractivity contribution in [2.75, 3.05) is 46.6 Å². The van der Waals surface area contributed by atoms with Crippen LogP contribution in [0.2, 0.25) is 0 Å². The molecule has 1 N–H and O–H groups in total. The summed E-state index contributed by atoms with van der Waals surface area (Å²) in [5.74, 6) is 0.911. The van der Waals surface area contributed by atoms with Gasteiger partial charge in [-0.15, -0.1) is 0 Å². The van der Waals surface area contributed by atoms with Crippen molar-refractivity contribution >= 4 is 29.0 Å². The van der Waals surface area contributed by atoms with Gasteiger partial charge in [-0.3, -0.25) is 19.8 Å². The molecule has 2 fully saturated rings. The third-order valence-corrected chi connectivity index (χ3v) is 4.72. The van der Waals surface area contributed by atoms with Gasteiger partial charge in [-0.2, -0.15) is 0 Å². The van der Waals surface area contributed by atoms with E-state index in [1.807, 2.05) is 6.07 Å². The first-order chi connectivity index (χ1) is 12.2. The van der Waals surface area contributed by atoms with Crippen molar-refractivity contribution in [3.63, 3.8) is 0 Å². The summed E-state index contributed by atoms with van der Waals surface area (Å²) >= 11 is 0.880. The van der Waals surface area contributed by atoms with Crippen LogP contribution in [0.3, 0.4) is 0 Å². The van der Waals surface area contributed by atoms with Crippen molar-refractivity contribution in [1.82, 2.24) is 10.2 Å². The van der Waals surface area contributed by atoms with Gasteiger partial charge in [0.1, 0.15) is 18.1 Å². The maximum atomic E-state index is 11.8. The Bertz CT molecular complexity index is 686. The van der Waals surface area contributed by atoms with Crippen LogP contribution in [-0.4, -0.2) is 62.6 Å². The Hall–Kier alpha value is -2.03. The van der Waals surface area contributed by atoms with Gasteiger partial charge in [0.05, 0.1) is 25.2 Å². The second-order valence-electron chi connectivity index (χ2n) is 5.56. The highest BCUT2D eigenvalue weighted by molar-refractivity contribution is 8.18. The highest BCUT2D eigenvalue weighted by atomic mass is 32.2. The Morgan fingerprint density at radius 1 is 1.32 bits per heavy atom. The largest absolute Gasteiger partial charge is 0.497 e. The van der Waals surface area contributed by atoms with Gasteiger partial charge >= 0.3 is 0 Å². The second kappa shape index (κ2) is 8.37. The molecule has 0 bridgehead atoms. The van der Waals surface area contributed by atoms with Crippen molar-refractivity contribution in [3.05, 3.63) is 28.7 Å². The molecular formula is C17H20N2O5S. The lowest BCUT2D eigenvalue weighted by atomic mass is 10.1. The van der Waals surface area contributed by atoms with Gasteiger partial charge in [-0.1, -0.05) is 0 Å². The fourth-order valence-electron chi connectivity index (χ4n) is 2.57. The number of morpholine rings is 1. The van der Waals surface area contributed by atoms with Gasteiger partial charge in [0.15, 0.2) is 0 Å². The highest BCUT2D eigenvalue weighted by Crippen LogP contribution is 2.31. The Morgan fingerprint density at radius 3 is 2.80 bits per heavy atom. The molecule has 0 saturated carbocycles. The fourth-order valence-corrected chi connectivity index (χ4v) is 3.24. The lowest BCUT2D eigenvalue weighted by Crippen LogP contribution is -2.38. The van der Waals surface area contributed by atoms with E-state index in [9.17, 15) is 9.59 Å². The molecule has 0 atom stereocenters. The summed E-state index contributed by atoms with van der Waals surface area (Å²) in [6.07, 6.45) is 1.65. The van der Waals surface area contributed by atoms with E-state index in [0.29, 0.717) is 28.6 Å². The number of rotatable bonds is 6. The molecule has 1 aromatic carbocycles. The fraction of sp³-hybridized carbons (Fsp3) is 0.412. The van der Waals surface area contributed by atoms with E-state index < -0.39 is 5.91 Å². The zero-order valence-electron chi connectivity index (χ0n) is 13.9. The molecule has 0 radical (unpaired) electrons. The number of ether oxygens (including phenoxy) is 3. The summed E-state index contributed by atoms with van der Waals surface area (Å²) in [5.41, 5.74) is 0.702. The molecule has 1 aromatic rings. The molecule has 3 rings (SSSR count). The smallest absolute Gasteiger partial charge is 0.290 e. The molecule has 0 unspecified atom stereocenters. The lowest BCUT2D eigenvalue weighted by Gasteiger charge is -2.26. The Kier molecular flexibility index (Phi) is 5.95. The van der Waals surface area contributed by atoms with Crippen molar-refractivity contribution in [2.45, 2.75) is 0 Å². The van der Waals surface area contributed by atoms with Gasteiger partial charge in [0, 0.05) is 25.2 Å². The third-order valence-electron chi connectivity index (χ3n) is 3.91. The summed E-state index contributed by atoms with van der Waals surface area (Å²) in [6.45, 7) is 4.64. The molecule has 8 heteroatoms. The molecule has 0 aromatic heterocycles. The van der Waals surface area contributed by atoms with E-state index in [1.165, 1.54) is 0 Å². The van der Waals surface area contributed by atoms with Crippen LogP contribution >= 0.6 is 11.8 Å². The van der Waals surface area contributed by atoms with Crippen LogP contribution in [0, 0.1) is 0 Å². The molecule has 2 heterocycles. The predicted octanol–water partition coefficient (Wildman–Crippen LogP) is 1.73. The molecule has 2 aliphatic rings. The Balaban J connectivity index is 1.70. The normalized spacial score (nSPS) is 20.0. The van der Waals surface area contributed by atoms with Gasteiger partial charge in [-0.05, 0) is 36.0 Å². The van der Waals surface area contributed by atoms with Crippen molar-refractivity contribution in [2.24, 2.45) is 0 Å². The summed E-state index contributed by atoms with van der Waals surface area (Å²) in [4.78, 5) is 25.7. The molecule has 0 spiro atoms. The number of hydrogen-bond acceptors (Lipinski definition) is 7. The van der Waals surface area contributed by atoms with E-state index in [4.69, 9.17) is 14.2 Å². The number of benzene rings is 1. The zero-order chi connectivity index (χ0) is 17.6. The van der Waals surface area contributed by atoms with Crippen LogP contribution in [-0.2, 0) is 9.53 Å². The summed E-state index contributed by atoms with van der Waals surface area (Å²) in [6, 6.07) is 5.40. The molecule has 2 aliphatic heterocycles. The number of thioether (sulfide) groups is 1. The van der Waals surface area contributed by atoms with Crippen molar-refractivity contribution in [3.8, 4) is 11.5 Å². The Labute approximate surface area is 150 Å². The maximum Gasteiger partial charge on any atom is 0.290 e. The second-order valence-corrected chi connectivity index (χ2v) is 6.57. The standard InChI is InChI=1S/C17H20N2O5S/c1-22-13-2-3-14(24-9-6-19-4-7-23-8-5-19)12(10-13)11-15-16(20)18-17(21)25-15/h2-3,10-11H,4-9H2,1H3,(H,18,20,21). The van der Waals surface area contributed by atoms with Crippen molar-refractivity contribution in [1.29, 1.82) is 0 Å². The minimum atomic E-state index is -0.392. The number of carbonyl (C=O) groups is 2. The first-order valence-electron chi connectivity index (χ1n) is 8.01. The molecule has 134 valence electrons. The monoisotopic (exact) mass is 364 g/mol. The van der Waals surface area contributed by atoms with Crippen molar-refractivity contribution < 1.29 is 23.8 Å². The predicted molar refractivity (Wildman–Crippen MR) is 94.9 cm³/mol. The minimum absolute atomic E-state index is 0.344. The van der Waals surface area contributed by atoms with E-state index >= 15 is 0 Å². The SMILES string of the molecule is COc1ccc(OCCN2CCOCC2)c(C=C2SC(=O)NC2=O)c1. The maximum absolute atomic E-state index is 11.8. The first kappa shape index (κ1) is 17.8. The van der Waals surface area contributed by atoms with Gasteiger partial charge in [0.25, 0.3) is 11.1 Å². The van der Waals surface area contributed by atoms with E-state index in [1.54, 1.807) is 25.3 Å². The number of nitrogens with zero attached hydrogens (tertiary/aromatic N) is 1. The third kappa shape index (κ3) is 4.75. The summed E-state index contributed by atoms with van der Waals surface area (Å²) < 4.78 is 16.5. The number of methoxy groups -OCH3 is 1. The molecule has 2 amide bonds. The number of carbonyl (C=O) groups excluding carboxylic acids is 2. The number of imide groups is 1. The number of amides is 2. The number of hydrogen-bond donors (Lipinski definition) is 1. The van der Waals surface area contributed by atoms with Crippen LogP contribution in [0.25, 0.3) is 6.08 Å². The molecule has 7 nitrogen and oxygen atoms in total. The van der Waals surface area contributed by atoms with E-state index in [2.05, 4.69) is 10.2 Å². The lowest BCUT2D eigenvalue weighted by molar-refractivity contribution is -0.115. The first-order valence-corrected chi connectivity index (χ1v) is 8.83. The van der Waals surface area contributed by atoms with Crippen LogP contribution in [0.4, 0.5) is 4.79 Å². The number of nitrogens with one attached hydrogen (secondary N) is 1. The zero-order valence-corrected chi connectivity index (χ0v) is 14.8. The molecular weight excluding hydrogens is 344 g/mol. The average molecular weight is 364 g/mol. The van der Waals surface area contributed by atoms with E-state index in [0.717, 1.165) is 44.6 Å². The Morgan fingerprint density at radius 2 is 2.12 bits per heavy atom. The van der Waals surface area contributed by atoms with Gasteiger partial charge in [0.2, 0.25) is 0 Å². The average Bonchev–Trinajstić information content (AvgIpc) is 2.94. The van der Waals surface area contributed by atoms with Crippen LogP contribution in [0.1, 0.15) is 5.56 Å². The van der Waals surface area contributed by atoms with Gasteiger partial charge in [-0.25, -0.2) is 0 Å². The highest BCUT2D eigenvalue weighted by Gasteiger charge is 2.25. The molecule has 0 aliphatic carbocycles. The topological polar surface area (TPSA) is 77.1 Å². The summed E-state index contributed by atoms with van der Waals surface area (Å²) in [7, 11) is 1.58. The van der Waals surface area contributed by atoms with Gasteiger partial charge < -0.3 is 14.2 Å². The quantitative estimate of drug-likeness (QED) is 0.770. The van der Waals surface area contributed by atoms with E-state index in [-0.39, 0.29) is 5.24 Å². The minimum Gasteiger partial charge on any atom is -0.497 e. The van der Waals surface area contributed by atoms with Crippen LogP contribution in [0.5, 0.6) is 11.5 Å². The summed E-state index contributed by atoms with van der Waals surface area (Å²) in [5, 5.41) is 1.88. The molecule has 2 saturated heterocycles. The van der Waals surface area contributed by atoms with Crippen LogP contribution < -0.4 is 14.8 Å².